The molecule has 1 N–H and O–H groups in total. The highest BCUT2D eigenvalue weighted by Gasteiger charge is 2.27. The summed E-state index contributed by atoms with van der Waals surface area (Å²) in [4.78, 5) is 28.7. The van der Waals surface area contributed by atoms with E-state index in [9.17, 15) is 9.59 Å². The Morgan fingerprint density at radius 3 is 2.40 bits per heavy atom. The molecule has 162 valence electrons. The summed E-state index contributed by atoms with van der Waals surface area (Å²) in [6.45, 7) is 5.05. The summed E-state index contributed by atoms with van der Waals surface area (Å²) < 4.78 is 0. The van der Waals surface area contributed by atoms with Crippen LogP contribution in [0.1, 0.15) is 45.1 Å². The lowest BCUT2D eigenvalue weighted by molar-refractivity contribution is -0.141. The molecule has 1 unspecified atom stereocenters. The molecular weight excluding hydrogens is 416 g/mol. The fraction of sp³-hybridized carbons (Fsp3) is 0.417. The van der Waals surface area contributed by atoms with E-state index in [4.69, 9.17) is 11.6 Å². The molecule has 30 heavy (non-hydrogen) atoms. The number of amides is 2. The van der Waals surface area contributed by atoms with Crippen LogP contribution in [0.5, 0.6) is 0 Å². The van der Waals surface area contributed by atoms with Crippen LogP contribution in [0.2, 0.25) is 5.02 Å². The van der Waals surface area contributed by atoms with Gasteiger partial charge in [-0.1, -0.05) is 55.8 Å². The number of carbonyl (C=O) groups is 2. The highest BCUT2D eigenvalue weighted by atomic mass is 35.5. The number of hydrogen-bond acceptors (Lipinski definition) is 3. The van der Waals surface area contributed by atoms with Gasteiger partial charge in [0.05, 0.1) is 0 Å². The van der Waals surface area contributed by atoms with Crippen molar-refractivity contribution < 1.29 is 9.59 Å². The number of nitrogens with zero attached hydrogens (tertiary/aromatic N) is 1. The van der Waals surface area contributed by atoms with E-state index in [2.05, 4.69) is 5.32 Å². The van der Waals surface area contributed by atoms with Crippen LogP contribution in [0.3, 0.4) is 0 Å². The molecule has 0 aliphatic carbocycles. The molecule has 0 radical (unpaired) electrons. The van der Waals surface area contributed by atoms with Crippen molar-refractivity contribution >= 4 is 35.2 Å². The molecule has 2 rings (SSSR count). The van der Waals surface area contributed by atoms with E-state index >= 15 is 0 Å². The van der Waals surface area contributed by atoms with Crippen LogP contribution in [0.15, 0.2) is 59.5 Å². The highest BCUT2D eigenvalue weighted by Crippen LogP contribution is 2.22. The number of hydrogen-bond donors (Lipinski definition) is 1. The van der Waals surface area contributed by atoms with E-state index in [-0.39, 0.29) is 11.8 Å². The fourth-order valence-corrected chi connectivity index (χ4v) is 4.13. The van der Waals surface area contributed by atoms with Crippen molar-refractivity contribution in [2.24, 2.45) is 0 Å². The average molecular weight is 447 g/mol. The van der Waals surface area contributed by atoms with Crippen molar-refractivity contribution in [2.75, 3.05) is 12.3 Å². The molecule has 4 nitrogen and oxygen atoms in total. The van der Waals surface area contributed by atoms with Crippen molar-refractivity contribution in [3.8, 4) is 0 Å². The Balaban J connectivity index is 1.99. The maximum absolute atomic E-state index is 13.1. The molecule has 0 heterocycles. The Kier molecular flexibility index (Phi) is 10.8. The largest absolute Gasteiger partial charge is 0.354 e. The summed E-state index contributed by atoms with van der Waals surface area (Å²) in [5.41, 5.74) is 1.03. The minimum Gasteiger partial charge on any atom is -0.354 e. The molecule has 0 saturated carbocycles. The molecule has 1 atom stereocenters. The zero-order chi connectivity index (χ0) is 21.8. The van der Waals surface area contributed by atoms with Crippen LogP contribution >= 0.6 is 23.4 Å². The van der Waals surface area contributed by atoms with Gasteiger partial charge in [0.2, 0.25) is 11.8 Å². The lowest BCUT2D eigenvalue weighted by Gasteiger charge is -2.30. The summed E-state index contributed by atoms with van der Waals surface area (Å²) in [7, 11) is 0. The highest BCUT2D eigenvalue weighted by molar-refractivity contribution is 7.99. The molecule has 0 bridgehead atoms. The lowest BCUT2D eigenvalue weighted by atomic mass is 10.1. The van der Waals surface area contributed by atoms with E-state index < -0.39 is 6.04 Å². The third-order valence-corrected chi connectivity index (χ3v) is 6.10. The van der Waals surface area contributed by atoms with Crippen LogP contribution in [0.25, 0.3) is 0 Å². The minimum absolute atomic E-state index is 0.0223. The Hall–Kier alpha value is -1.98. The molecule has 2 amide bonds. The van der Waals surface area contributed by atoms with Gasteiger partial charge in [-0.3, -0.25) is 9.59 Å². The molecule has 0 aromatic heterocycles. The molecule has 0 spiro atoms. The van der Waals surface area contributed by atoms with Crippen molar-refractivity contribution in [1.29, 1.82) is 0 Å². The van der Waals surface area contributed by atoms with Gasteiger partial charge in [-0.2, -0.15) is 0 Å². The van der Waals surface area contributed by atoms with E-state index in [0.717, 1.165) is 34.1 Å². The standard InChI is InChI=1S/C24H31ClN2O2S/c1-3-16-26-24(29)22(4-2)27(18-19-9-6-5-7-10-19)23(28)11-8-17-30-21-14-12-20(25)13-15-21/h5-7,9-10,12-15,22H,3-4,8,11,16-18H2,1-2H3,(H,26,29). The van der Waals surface area contributed by atoms with Gasteiger partial charge in [-0.25, -0.2) is 0 Å². The topological polar surface area (TPSA) is 49.4 Å². The second kappa shape index (κ2) is 13.3. The third kappa shape index (κ3) is 8.04. The molecule has 2 aromatic rings. The van der Waals surface area contributed by atoms with Crippen molar-refractivity contribution in [2.45, 2.75) is 57.0 Å². The number of thioether (sulfide) groups is 1. The van der Waals surface area contributed by atoms with E-state index in [1.165, 1.54) is 0 Å². The molecule has 0 aliphatic rings. The average Bonchev–Trinajstić information content (AvgIpc) is 2.76. The van der Waals surface area contributed by atoms with Gasteiger partial charge in [0.1, 0.15) is 6.04 Å². The minimum atomic E-state index is -0.451. The monoisotopic (exact) mass is 446 g/mol. The summed E-state index contributed by atoms with van der Waals surface area (Å²) in [5.74, 6) is 0.791. The first-order valence-corrected chi connectivity index (χ1v) is 11.9. The predicted molar refractivity (Wildman–Crippen MR) is 126 cm³/mol. The van der Waals surface area contributed by atoms with Crippen LogP contribution in [-0.2, 0) is 16.1 Å². The first-order chi connectivity index (χ1) is 14.5. The zero-order valence-corrected chi connectivity index (χ0v) is 19.3. The number of halogens is 1. The van der Waals surface area contributed by atoms with E-state index in [1.54, 1.807) is 16.7 Å². The fourth-order valence-electron chi connectivity index (χ4n) is 3.15. The van der Waals surface area contributed by atoms with Gasteiger partial charge in [0.15, 0.2) is 0 Å². The smallest absolute Gasteiger partial charge is 0.242 e. The SMILES string of the molecule is CCCNC(=O)C(CC)N(Cc1ccccc1)C(=O)CCCSc1ccc(Cl)cc1. The van der Waals surface area contributed by atoms with Gasteiger partial charge in [0, 0.05) is 29.4 Å². The van der Waals surface area contributed by atoms with Gasteiger partial charge in [-0.15, -0.1) is 11.8 Å². The van der Waals surface area contributed by atoms with Crippen molar-refractivity contribution in [1.82, 2.24) is 10.2 Å². The number of nitrogens with one attached hydrogen (secondary N) is 1. The van der Waals surface area contributed by atoms with Gasteiger partial charge >= 0.3 is 0 Å². The summed E-state index contributed by atoms with van der Waals surface area (Å²) >= 11 is 7.63. The predicted octanol–water partition coefficient (Wildman–Crippen LogP) is 5.55. The maximum atomic E-state index is 13.1. The normalized spacial score (nSPS) is 11.7. The Labute approximate surface area is 189 Å². The van der Waals surface area contributed by atoms with Gasteiger partial charge < -0.3 is 10.2 Å². The Morgan fingerprint density at radius 1 is 1.07 bits per heavy atom. The van der Waals surface area contributed by atoms with Crippen molar-refractivity contribution in [3.63, 3.8) is 0 Å². The maximum Gasteiger partial charge on any atom is 0.242 e. The second-order valence-electron chi connectivity index (χ2n) is 7.13. The molecule has 6 heteroatoms. The third-order valence-electron chi connectivity index (χ3n) is 4.75. The quantitative estimate of drug-likeness (QED) is 0.343. The second-order valence-corrected chi connectivity index (χ2v) is 8.73. The first kappa shape index (κ1) is 24.3. The molecule has 0 aliphatic heterocycles. The summed E-state index contributed by atoms with van der Waals surface area (Å²) in [6.07, 6.45) is 2.64. The summed E-state index contributed by atoms with van der Waals surface area (Å²) in [6, 6.07) is 17.1. The van der Waals surface area contributed by atoms with Crippen LogP contribution in [0, 0.1) is 0 Å². The number of rotatable bonds is 12. The Bertz CT molecular complexity index is 784. The van der Waals surface area contributed by atoms with E-state index in [0.29, 0.717) is 25.9 Å². The molecule has 0 saturated heterocycles. The molecule has 2 aromatic carbocycles. The van der Waals surface area contributed by atoms with Gasteiger partial charge in [0.25, 0.3) is 0 Å². The van der Waals surface area contributed by atoms with E-state index in [1.807, 2.05) is 68.4 Å². The van der Waals surface area contributed by atoms with Crippen LogP contribution < -0.4 is 5.32 Å². The zero-order valence-electron chi connectivity index (χ0n) is 17.8. The summed E-state index contributed by atoms with van der Waals surface area (Å²) in [5, 5.41) is 3.67. The Morgan fingerprint density at radius 2 is 1.77 bits per heavy atom. The van der Waals surface area contributed by atoms with Gasteiger partial charge in [-0.05, 0) is 54.8 Å². The van der Waals surface area contributed by atoms with Crippen LogP contribution in [-0.4, -0.2) is 35.1 Å². The van der Waals surface area contributed by atoms with Crippen molar-refractivity contribution in [3.05, 3.63) is 65.2 Å². The lowest BCUT2D eigenvalue weighted by Crippen LogP contribution is -2.49. The van der Waals surface area contributed by atoms with Crippen LogP contribution in [0.4, 0.5) is 0 Å². The first-order valence-electron chi connectivity index (χ1n) is 10.5. The molecule has 0 fully saturated rings. The number of benzene rings is 2. The number of carbonyl (C=O) groups excluding carboxylic acids is 2. The molecular formula is C24H31ClN2O2S.